The lowest BCUT2D eigenvalue weighted by molar-refractivity contribution is -0.141. The van der Waals surface area contributed by atoms with Gasteiger partial charge in [-0.2, -0.15) is 0 Å². The number of likely N-dealkylation sites (tertiary alicyclic amines) is 1. The topological polar surface area (TPSA) is 112 Å². The third-order valence-corrected chi connectivity index (χ3v) is 5.17. The number of carbonyl (C=O) groups excluding carboxylic acids is 1. The molecule has 1 saturated heterocycles. The van der Waals surface area contributed by atoms with Crippen molar-refractivity contribution in [3.8, 4) is 0 Å². The summed E-state index contributed by atoms with van der Waals surface area (Å²) in [6, 6.07) is 7.55. The summed E-state index contributed by atoms with van der Waals surface area (Å²) in [5.74, 6) is -2.28. The molecular formula is C19H21N3O5. The van der Waals surface area contributed by atoms with E-state index < -0.39 is 23.1 Å². The number of rotatable bonds is 4. The summed E-state index contributed by atoms with van der Waals surface area (Å²) in [6.07, 6.45) is 1.06. The van der Waals surface area contributed by atoms with Crippen LogP contribution in [0.5, 0.6) is 0 Å². The predicted molar refractivity (Wildman–Crippen MR) is 97.6 cm³/mol. The van der Waals surface area contributed by atoms with E-state index in [0.717, 1.165) is 15.7 Å². The summed E-state index contributed by atoms with van der Waals surface area (Å²) >= 11 is 0. The van der Waals surface area contributed by atoms with E-state index in [2.05, 4.69) is 4.98 Å². The van der Waals surface area contributed by atoms with Crippen molar-refractivity contribution in [1.29, 1.82) is 0 Å². The average Bonchev–Trinajstić information content (AvgIpc) is 3.08. The molecule has 2 aromatic rings. The molecule has 1 amide bonds. The van der Waals surface area contributed by atoms with Crippen LogP contribution < -0.4 is 11.2 Å². The molecule has 0 aliphatic carbocycles. The second kappa shape index (κ2) is 7.22. The molecule has 142 valence electrons. The number of nitrogens with one attached hydrogen (secondary N) is 1. The molecule has 2 atom stereocenters. The van der Waals surface area contributed by atoms with Crippen LogP contribution in [0.2, 0.25) is 0 Å². The van der Waals surface area contributed by atoms with Crippen molar-refractivity contribution in [2.24, 2.45) is 13.0 Å². The number of hydrogen-bond acceptors (Lipinski definition) is 4. The first-order chi connectivity index (χ1) is 12.8. The molecule has 27 heavy (non-hydrogen) atoms. The number of aromatic nitrogens is 2. The lowest BCUT2D eigenvalue weighted by Gasteiger charge is -2.18. The van der Waals surface area contributed by atoms with Crippen molar-refractivity contribution < 1.29 is 14.7 Å². The molecule has 0 saturated carbocycles. The van der Waals surface area contributed by atoms with E-state index in [1.54, 1.807) is 0 Å². The van der Waals surface area contributed by atoms with Gasteiger partial charge in [0.2, 0.25) is 5.91 Å². The van der Waals surface area contributed by atoms with Crippen LogP contribution in [0.1, 0.15) is 22.6 Å². The van der Waals surface area contributed by atoms with Crippen LogP contribution in [0.25, 0.3) is 0 Å². The van der Waals surface area contributed by atoms with Gasteiger partial charge in [-0.1, -0.05) is 24.3 Å². The van der Waals surface area contributed by atoms with Crippen molar-refractivity contribution in [2.75, 3.05) is 13.1 Å². The Morgan fingerprint density at radius 3 is 2.59 bits per heavy atom. The molecule has 0 bridgehead atoms. The molecular weight excluding hydrogens is 350 g/mol. The Labute approximate surface area is 155 Å². The zero-order chi connectivity index (χ0) is 19.7. The van der Waals surface area contributed by atoms with Gasteiger partial charge < -0.3 is 15.0 Å². The van der Waals surface area contributed by atoms with Gasteiger partial charge in [0, 0.05) is 37.8 Å². The Morgan fingerprint density at radius 1 is 1.22 bits per heavy atom. The fourth-order valence-electron chi connectivity index (χ4n) is 3.59. The molecule has 1 aliphatic heterocycles. The summed E-state index contributed by atoms with van der Waals surface area (Å²) < 4.78 is 0.906. The number of carboxylic acid groups (broad SMARTS) is 1. The predicted octanol–water partition coefficient (Wildman–Crippen LogP) is 0.251. The highest BCUT2D eigenvalue weighted by molar-refractivity contribution is 5.81. The summed E-state index contributed by atoms with van der Waals surface area (Å²) in [4.78, 5) is 51.9. The Kier molecular flexibility index (Phi) is 4.98. The van der Waals surface area contributed by atoms with Gasteiger partial charge in [0.1, 0.15) is 0 Å². The minimum absolute atomic E-state index is 0.0941. The number of aromatic amines is 1. The molecule has 8 nitrogen and oxygen atoms in total. The molecule has 2 N–H and O–H groups in total. The first kappa shape index (κ1) is 18.6. The van der Waals surface area contributed by atoms with Crippen LogP contribution in [0.4, 0.5) is 0 Å². The van der Waals surface area contributed by atoms with E-state index in [1.807, 2.05) is 31.2 Å². The second-order valence-corrected chi connectivity index (χ2v) is 6.87. The van der Waals surface area contributed by atoms with Gasteiger partial charge in [-0.25, -0.2) is 4.79 Å². The molecule has 1 aromatic carbocycles. The monoisotopic (exact) mass is 371 g/mol. The van der Waals surface area contributed by atoms with Gasteiger partial charge in [-0.05, 0) is 18.1 Å². The number of benzene rings is 1. The fourth-order valence-corrected chi connectivity index (χ4v) is 3.59. The number of carboxylic acids is 1. The molecule has 8 heteroatoms. The zero-order valence-electron chi connectivity index (χ0n) is 15.1. The number of hydrogen-bond donors (Lipinski definition) is 2. The molecule has 1 aliphatic rings. The first-order valence-electron chi connectivity index (χ1n) is 8.63. The maximum absolute atomic E-state index is 12.7. The van der Waals surface area contributed by atoms with Crippen LogP contribution in [-0.2, 0) is 23.1 Å². The van der Waals surface area contributed by atoms with Crippen LogP contribution >= 0.6 is 0 Å². The lowest BCUT2D eigenvalue weighted by Crippen LogP contribution is -2.37. The maximum atomic E-state index is 12.7. The van der Waals surface area contributed by atoms with Crippen LogP contribution in [0.15, 0.2) is 40.1 Å². The first-order valence-corrected chi connectivity index (χ1v) is 8.63. The maximum Gasteiger partial charge on any atom is 0.328 e. The van der Waals surface area contributed by atoms with Gasteiger partial charge in [0.15, 0.2) is 0 Å². The largest absolute Gasteiger partial charge is 0.481 e. The second-order valence-electron chi connectivity index (χ2n) is 6.87. The summed E-state index contributed by atoms with van der Waals surface area (Å²) in [7, 11) is 1.33. The standard InChI is InChI=1S/C19H21N3O5/c1-11-5-3-4-6-13(11)14-9-22(10-15(14)18(25)26)16(23)7-12-8-20-19(27)21(2)17(12)24/h3-6,8,14-15H,7,9-10H2,1-2H3,(H,20,27)(H,25,26)/t14-,15+/m0/s1. The van der Waals surface area contributed by atoms with Crippen molar-refractivity contribution in [1.82, 2.24) is 14.5 Å². The van der Waals surface area contributed by atoms with Crippen molar-refractivity contribution in [3.63, 3.8) is 0 Å². The average molecular weight is 371 g/mol. The highest BCUT2D eigenvalue weighted by atomic mass is 16.4. The fraction of sp³-hybridized carbons (Fsp3) is 0.368. The van der Waals surface area contributed by atoms with Crippen LogP contribution in [-0.4, -0.2) is 44.5 Å². The van der Waals surface area contributed by atoms with Gasteiger partial charge in [0.05, 0.1) is 12.3 Å². The van der Waals surface area contributed by atoms with E-state index in [0.29, 0.717) is 0 Å². The number of amides is 1. The highest BCUT2D eigenvalue weighted by Crippen LogP contribution is 2.34. The van der Waals surface area contributed by atoms with Gasteiger partial charge in [-0.3, -0.25) is 19.0 Å². The zero-order valence-corrected chi connectivity index (χ0v) is 15.1. The quantitative estimate of drug-likeness (QED) is 0.800. The summed E-state index contributed by atoms with van der Waals surface area (Å²) in [6.45, 7) is 2.30. The lowest BCUT2D eigenvalue weighted by atomic mass is 9.86. The minimum atomic E-state index is -0.946. The van der Waals surface area contributed by atoms with Crippen LogP contribution in [0, 0.1) is 12.8 Å². The normalized spacial score (nSPS) is 19.3. The van der Waals surface area contributed by atoms with E-state index in [9.17, 15) is 24.3 Å². The molecule has 0 radical (unpaired) electrons. The van der Waals surface area contributed by atoms with Gasteiger partial charge in [0.25, 0.3) is 5.56 Å². The third-order valence-electron chi connectivity index (χ3n) is 5.17. The Bertz CT molecular complexity index is 1010. The summed E-state index contributed by atoms with van der Waals surface area (Å²) in [5, 5.41) is 9.61. The molecule has 3 rings (SSSR count). The van der Waals surface area contributed by atoms with Gasteiger partial charge >= 0.3 is 11.7 Å². The van der Waals surface area contributed by atoms with E-state index in [4.69, 9.17) is 0 Å². The molecule has 2 heterocycles. The highest BCUT2D eigenvalue weighted by Gasteiger charge is 2.40. The van der Waals surface area contributed by atoms with Crippen molar-refractivity contribution >= 4 is 11.9 Å². The van der Waals surface area contributed by atoms with Crippen molar-refractivity contribution in [3.05, 3.63) is 68.0 Å². The summed E-state index contributed by atoms with van der Waals surface area (Å²) in [5.41, 5.74) is 0.991. The van der Waals surface area contributed by atoms with Crippen LogP contribution in [0.3, 0.4) is 0 Å². The SMILES string of the molecule is Cc1ccccc1[C@@H]1CN(C(=O)Cc2c[nH]c(=O)n(C)c2=O)C[C@H]1C(=O)O. The molecule has 1 fully saturated rings. The number of carbonyl (C=O) groups is 2. The molecule has 0 spiro atoms. The Morgan fingerprint density at radius 2 is 1.93 bits per heavy atom. The van der Waals surface area contributed by atoms with Crippen molar-refractivity contribution in [2.45, 2.75) is 19.3 Å². The number of H-pyrrole nitrogens is 1. The Balaban J connectivity index is 1.84. The Hall–Kier alpha value is -3.16. The smallest absolute Gasteiger partial charge is 0.328 e. The van der Waals surface area contributed by atoms with Gasteiger partial charge in [-0.15, -0.1) is 0 Å². The number of nitrogens with zero attached hydrogens (tertiary/aromatic N) is 2. The number of aliphatic carboxylic acids is 1. The molecule has 1 aromatic heterocycles. The minimum Gasteiger partial charge on any atom is -0.481 e. The number of aryl methyl sites for hydroxylation is 1. The third kappa shape index (κ3) is 3.55. The van der Waals surface area contributed by atoms with E-state index in [1.165, 1.54) is 18.1 Å². The molecule has 0 unspecified atom stereocenters. The van der Waals surface area contributed by atoms with E-state index in [-0.39, 0.29) is 36.9 Å². The van der Waals surface area contributed by atoms with E-state index >= 15 is 0 Å².